The molecule has 3 nitrogen and oxygen atoms in total. The van der Waals surface area contributed by atoms with Gasteiger partial charge in [-0.15, -0.1) is 6.58 Å². The Balaban J connectivity index is 3.34. The lowest BCUT2D eigenvalue weighted by atomic mass is 10.3. The number of aromatic nitrogens is 2. The highest BCUT2D eigenvalue weighted by molar-refractivity contribution is 5.07. The molecule has 82 valence electrons. The van der Waals surface area contributed by atoms with Gasteiger partial charge < -0.3 is 0 Å². The molecule has 0 saturated heterocycles. The second-order valence-electron chi connectivity index (χ2n) is 2.65. The molecule has 1 heterocycles. The third kappa shape index (κ3) is 2.23. The van der Waals surface area contributed by atoms with Gasteiger partial charge in [-0.25, -0.2) is 4.98 Å². The van der Waals surface area contributed by atoms with Crippen LogP contribution in [0.15, 0.2) is 23.8 Å². The smallest absolute Gasteiger partial charge is 0.293 e. The summed E-state index contributed by atoms with van der Waals surface area (Å²) in [4.78, 5) is 13.9. The SMILES string of the molecule is C=CCn1cnc(C(F)(F)F)c(F)c1=O. The van der Waals surface area contributed by atoms with Crippen LogP contribution in [-0.4, -0.2) is 9.55 Å². The molecule has 0 amide bonds. The average molecular weight is 222 g/mol. The number of halogens is 4. The zero-order chi connectivity index (χ0) is 11.6. The first kappa shape index (κ1) is 11.4. The monoisotopic (exact) mass is 222 g/mol. The summed E-state index contributed by atoms with van der Waals surface area (Å²) in [5.41, 5.74) is -3.16. The number of hydrogen-bond acceptors (Lipinski definition) is 2. The molecule has 0 atom stereocenters. The van der Waals surface area contributed by atoms with Gasteiger partial charge in [0, 0.05) is 6.54 Å². The van der Waals surface area contributed by atoms with E-state index >= 15 is 0 Å². The van der Waals surface area contributed by atoms with Crippen LogP contribution < -0.4 is 5.56 Å². The van der Waals surface area contributed by atoms with E-state index < -0.39 is 23.2 Å². The molecule has 0 unspecified atom stereocenters. The molecule has 1 aromatic rings. The van der Waals surface area contributed by atoms with Crippen molar-refractivity contribution in [2.45, 2.75) is 12.7 Å². The zero-order valence-corrected chi connectivity index (χ0v) is 7.38. The summed E-state index contributed by atoms with van der Waals surface area (Å²) >= 11 is 0. The van der Waals surface area contributed by atoms with Crippen molar-refractivity contribution in [3.8, 4) is 0 Å². The van der Waals surface area contributed by atoms with Crippen molar-refractivity contribution in [3.05, 3.63) is 40.8 Å². The molecule has 0 saturated carbocycles. The van der Waals surface area contributed by atoms with E-state index in [2.05, 4.69) is 11.6 Å². The minimum Gasteiger partial charge on any atom is -0.293 e. The van der Waals surface area contributed by atoms with Crippen molar-refractivity contribution in [2.24, 2.45) is 0 Å². The van der Waals surface area contributed by atoms with Gasteiger partial charge in [-0.3, -0.25) is 9.36 Å². The highest BCUT2D eigenvalue weighted by Crippen LogP contribution is 2.27. The Labute approximate surface area is 81.7 Å². The fourth-order valence-corrected chi connectivity index (χ4v) is 0.931. The molecule has 1 rings (SSSR count). The maximum Gasteiger partial charge on any atom is 0.436 e. The molecule has 0 aliphatic carbocycles. The van der Waals surface area contributed by atoms with Gasteiger partial charge in [-0.05, 0) is 0 Å². The van der Waals surface area contributed by atoms with Crippen LogP contribution >= 0.6 is 0 Å². The Hall–Kier alpha value is -1.66. The first-order valence-electron chi connectivity index (χ1n) is 3.81. The summed E-state index contributed by atoms with van der Waals surface area (Å²) in [7, 11) is 0. The fraction of sp³-hybridized carbons (Fsp3) is 0.250. The summed E-state index contributed by atoms with van der Waals surface area (Å²) in [6.07, 6.45) is -3.08. The van der Waals surface area contributed by atoms with Crippen molar-refractivity contribution in [2.75, 3.05) is 0 Å². The van der Waals surface area contributed by atoms with Crippen LogP contribution in [0.4, 0.5) is 17.6 Å². The van der Waals surface area contributed by atoms with Crippen molar-refractivity contribution in [1.29, 1.82) is 0 Å². The predicted octanol–water partition coefficient (Wildman–Crippen LogP) is 1.59. The van der Waals surface area contributed by atoms with Crippen molar-refractivity contribution >= 4 is 0 Å². The molecular formula is C8H6F4N2O. The first-order valence-corrected chi connectivity index (χ1v) is 3.81. The quantitative estimate of drug-likeness (QED) is 0.562. The largest absolute Gasteiger partial charge is 0.436 e. The maximum absolute atomic E-state index is 12.9. The van der Waals surface area contributed by atoms with Crippen LogP contribution in [0.3, 0.4) is 0 Å². The standard InChI is InChI=1S/C8H6F4N2O/c1-2-3-14-4-13-6(8(10,11)12)5(9)7(14)15/h2,4H,1,3H2. The topological polar surface area (TPSA) is 34.9 Å². The second-order valence-corrected chi connectivity index (χ2v) is 2.65. The highest BCUT2D eigenvalue weighted by atomic mass is 19.4. The normalized spacial score (nSPS) is 11.5. The molecule has 1 aromatic heterocycles. The molecule has 0 N–H and O–H groups in total. The Kier molecular flexibility index (Phi) is 2.92. The summed E-state index contributed by atoms with van der Waals surface area (Å²) in [6.45, 7) is 3.17. The van der Waals surface area contributed by atoms with Crippen LogP contribution in [0.2, 0.25) is 0 Å². The lowest BCUT2D eigenvalue weighted by Crippen LogP contribution is -2.28. The summed E-state index contributed by atoms with van der Waals surface area (Å²) in [5.74, 6) is -1.90. The molecule has 0 radical (unpaired) electrons. The number of alkyl halides is 3. The molecule has 0 spiro atoms. The number of nitrogens with zero attached hydrogens (tertiary/aromatic N) is 2. The minimum atomic E-state index is -4.96. The molecule has 7 heteroatoms. The van der Waals surface area contributed by atoms with Crippen molar-refractivity contribution in [3.63, 3.8) is 0 Å². The lowest BCUT2D eigenvalue weighted by molar-refractivity contribution is -0.144. The second kappa shape index (κ2) is 3.84. The molecule has 0 aliphatic heterocycles. The van der Waals surface area contributed by atoms with Crippen molar-refractivity contribution in [1.82, 2.24) is 9.55 Å². The minimum absolute atomic E-state index is 0.0963. The first-order chi connectivity index (χ1) is 6.88. The summed E-state index contributed by atoms with van der Waals surface area (Å²) in [5, 5.41) is 0. The Morgan fingerprint density at radius 3 is 2.60 bits per heavy atom. The number of rotatable bonds is 2. The van der Waals surface area contributed by atoms with E-state index in [1.165, 1.54) is 6.08 Å². The van der Waals surface area contributed by atoms with E-state index in [0.29, 0.717) is 10.9 Å². The van der Waals surface area contributed by atoms with Gasteiger partial charge in [0.15, 0.2) is 5.69 Å². The van der Waals surface area contributed by atoms with Crippen LogP contribution in [0.5, 0.6) is 0 Å². The molecular weight excluding hydrogens is 216 g/mol. The third-order valence-electron chi connectivity index (χ3n) is 1.58. The van der Waals surface area contributed by atoms with Gasteiger partial charge in [0.2, 0.25) is 5.82 Å². The van der Waals surface area contributed by atoms with Crippen LogP contribution in [0, 0.1) is 5.82 Å². The highest BCUT2D eigenvalue weighted by Gasteiger charge is 2.37. The summed E-state index contributed by atoms with van der Waals surface area (Å²) in [6, 6.07) is 0. The Bertz CT molecular complexity index is 435. The van der Waals surface area contributed by atoms with Gasteiger partial charge in [0.1, 0.15) is 0 Å². The molecule has 0 bridgehead atoms. The maximum atomic E-state index is 12.9. The van der Waals surface area contributed by atoms with Crippen LogP contribution in [0.25, 0.3) is 0 Å². The van der Waals surface area contributed by atoms with E-state index in [-0.39, 0.29) is 6.54 Å². The average Bonchev–Trinajstić information content (AvgIpc) is 2.11. The van der Waals surface area contributed by atoms with Gasteiger partial charge in [-0.2, -0.15) is 17.6 Å². The van der Waals surface area contributed by atoms with Crippen LogP contribution in [0.1, 0.15) is 5.69 Å². The summed E-state index contributed by atoms with van der Waals surface area (Å²) < 4.78 is 49.8. The Morgan fingerprint density at radius 2 is 2.13 bits per heavy atom. The molecule has 0 fully saturated rings. The van der Waals surface area contributed by atoms with Gasteiger partial charge in [0.25, 0.3) is 5.56 Å². The fourth-order valence-electron chi connectivity index (χ4n) is 0.931. The van der Waals surface area contributed by atoms with Crippen molar-refractivity contribution < 1.29 is 17.6 Å². The van der Waals surface area contributed by atoms with Crippen LogP contribution in [-0.2, 0) is 12.7 Å². The third-order valence-corrected chi connectivity index (χ3v) is 1.58. The zero-order valence-electron chi connectivity index (χ0n) is 7.38. The Morgan fingerprint density at radius 1 is 1.53 bits per heavy atom. The van der Waals surface area contributed by atoms with Gasteiger partial charge in [-0.1, -0.05) is 6.08 Å². The van der Waals surface area contributed by atoms with E-state index in [0.717, 1.165) is 0 Å². The van der Waals surface area contributed by atoms with E-state index in [4.69, 9.17) is 0 Å². The molecule has 0 aromatic carbocycles. The molecule has 0 aliphatic rings. The number of hydrogen-bond donors (Lipinski definition) is 0. The predicted molar refractivity (Wildman–Crippen MR) is 43.7 cm³/mol. The van der Waals surface area contributed by atoms with Gasteiger partial charge >= 0.3 is 6.18 Å². The lowest BCUT2D eigenvalue weighted by Gasteiger charge is -2.07. The number of allylic oxidation sites excluding steroid dienone is 1. The van der Waals surface area contributed by atoms with E-state index in [1.54, 1.807) is 0 Å². The molecule has 15 heavy (non-hydrogen) atoms. The van der Waals surface area contributed by atoms with E-state index in [9.17, 15) is 22.4 Å². The van der Waals surface area contributed by atoms with Gasteiger partial charge in [0.05, 0.1) is 6.33 Å². The van der Waals surface area contributed by atoms with E-state index in [1.807, 2.05) is 0 Å².